The lowest BCUT2D eigenvalue weighted by Crippen LogP contribution is -2.49. The summed E-state index contributed by atoms with van der Waals surface area (Å²) in [6, 6.07) is 3.63. The third-order valence-corrected chi connectivity index (χ3v) is 3.66. The highest BCUT2D eigenvalue weighted by Gasteiger charge is 2.29. The van der Waals surface area contributed by atoms with E-state index in [-0.39, 0.29) is 0 Å². The number of carboxylic acids is 1. The third-order valence-electron chi connectivity index (χ3n) is 2.68. The first-order valence-corrected chi connectivity index (χ1v) is 6.08. The van der Waals surface area contributed by atoms with Crippen LogP contribution >= 0.6 is 11.3 Å². The Balaban J connectivity index is 2.03. The van der Waals surface area contributed by atoms with Gasteiger partial charge >= 0.3 is 5.97 Å². The maximum Gasteiger partial charge on any atom is 0.323 e. The first-order chi connectivity index (χ1) is 7.66. The molecule has 0 radical (unpaired) electrons. The van der Waals surface area contributed by atoms with E-state index in [1.807, 2.05) is 4.90 Å². The Kier molecular flexibility index (Phi) is 3.58. The molecular formula is C11H15NO3S. The summed E-state index contributed by atoms with van der Waals surface area (Å²) in [5, 5.41) is 9.07. The number of ether oxygens (including phenoxy) is 1. The Labute approximate surface area is 98.4 Å². The highest BCUT2D eigenvalue weighted by atomic mass is 32.1. The molecule has 0 amide bonds. The zero-order valence-electron chi connectivity index (χ0n) is 9.18. The number of hydrogen-bond donors (Lipinski definition) is 1. The van der Waals surface area contributed by atoms with Crippen molar-refractivity contribution in [1.82, 2.24) is 4.90 Å². The van der Waals surface area contributed by atoms with Gasteiger partial charge in [0.2, 0.25) is 0 Å². The van der Waals surface area contributed by atoms with Crippen LogP contribution in [0.1, 0.15) is 9.75 Å². The summed E-state index contributed by atoms with van der Waals surface area (Å²) < 4.78 is 5.20. The van der Waals surface area contributed by atoms with Gasteiger partial charge in [-0.2, -0.15) is 0 Å². The summed E-state index contributed by atoms with van der Waals surface area (Å²) in [4.78, 5) is 15.5. The summed E-state index contributed by atoms with van der Waals surface area (Å²) in [6.45, 7) is 4.36. The van der Waals surface area contributed by atoms with Crippen molar-refractivity contribution in [1.29, 1.82) is 0 Å². The van der Waals surface area contributed by atoms with Gasteiger partial charge in [0.1, 0.15) is 6.04 Å². The number of aryl methyl sites for hydroxylation is 1. The van der Waals surface area contributed by atoms with Crippen LogP contribution in [0.15, 0.2) is 12.1 Å². The maximum atomic E-state index is 11.0. The minimum atomic E-state index is -0.798. The molecule has 1 saturated heterocycles. The van der Waals surface area contributed by atoms with Gasteiger partial charge in [0.25, 0.3) is 0 Å². The van der Waals surface area contributed by atoms with Crippen LogP contribution in [0.2, 0.25) is 0 Å². The average Bonchev–Trinajstić information content (AvgIpc) is 2.64. The van der Waals surface area contributed by atoms with Gasteiger partial charge in [-0.15, -0.1) is 11.3 Å². The van der Waals surface area contributed by atoms with Crippen LogP contribution in [0.3, 0.4) is 0 Å². The summed E-state index contributed by atoms with van der Waals surface area (Å²) >= 11 is 1.72. The van der Waals surface area contributed by atoms with Crippen LogP contribution in [0, 0.1) is 6.92 Å². The third kappa shape index (κ3) is 2.61. The molecule has 1 aromatic rings. The topological polar surface area (TPSA) is 49.8 Å². The number of aliphatic carboxylic acids is 1. The molecule has 2 heterocycles. The number of morpholine rings is 1. The molecule has 1 unspecified atom stereocenters. The standard InChI is InChI=1S/C11H15NO3S/c1-8-2-3-9(16-8)6-12-4-5-15-7-10(12)11(13)14/h2-3,10H,4-7H2,1H3,(H,13,14). The molecule has 1 fully saturated rings. The Hall–Kier alpha value is -0.910. The van der Waals surface area contributed by atoms with Crippen molar-refractivity contribution in [3.05, 3.63) is 21.9 Å². The van der Waals surface area contributed by atoms with E-state index in [0.717, 1.165) is 0 Å². The van der Waals surface area contributed by atoms with E-state index in [1.54, 1.807) is 11.3 Å². The van der Waals surface area contributed by atoms with Crippen LogP contribution < -0.4 is 0 Å². The van der Waals surface area contributed by atoms with Gasteiger partial charge in [-0.1, -0.05) is 0 Å². The fourth-order valence-electron chi connectivity index (χ4n) is 1.83. The fraction of sp³-hybridized carbons (Fsp3) is 0.545. The number of thiophene rings is 1. The lowest BCUT2D eigenvalue weighted by molar-refractivity contribution is -0.150. The lowest BCUT2D eigenvalue weighted by Gasteiger charge is -2.32. The van der Waals surface area contributed by atoms with Crippen LogP contribution in [0.5, 0.6) is 0 Å². The number of rotatable bonds is 3. The minimum absolute atomic E-state index is 0.291. The van der Waals surface area contributed by atoms with Crippen LogP contribution in [-0.2, 0) is 16.1 Å². The molecule has 2 rings (SSSR count). The Morgan fingerprint density at radius 2 is 2.50 bits per heavy atom. The SMILES string of the molecule is Cc1ccc(CN2CCOCC2C(=O)O)s1. The normalized spacial score (nSPS) is 22.2. The summed E-state index contributed by atoms with van der Waals surface area (Å²) in [7, 11) is 0. The van der Waals surface area contributed by atoms with Crippen molar-refractivity contribution in [2.45, 2.75) is 19.5 Å². The Morgan fingerprint density at radius 3 is 3.12 bits per heavy atom. The van der Waals surface area contributed by atoms with Crippen LogP contribution in [0.25, 0.3) is 0 Å². The zero-order valence-corrected chi connectivity index (χ0v) is 10.00. The molecule has 1 aromatic heterocycles. The summed E-state index contributed by atoms with van der Waals surface area (Å²) in [6.07, 6.45) is 0. The first kappa shape index (κ1) is 11.6. The molecule has 0 spiro atoms. The van der Waals surface area contributed by atoms with Crippen molar-refractivity contribution >= 4 is 17.3 Å². The van der Waals surface area contributed by atoms with E-state index in [1.165, 1.54) is 9.75 Å². The number of nitrogens with zero attached hydrogens (tertiary/aromatic N) is 1. The molecule has 5 heteroatoms. The van der Waals surface area contributed by atoms with Gasteiger partial charge in [0.15, 0.2) is 0 Å². The second kappa shape index (κ2) is 4.95. The molecule has 0 bridgehead atoms. The number of carboxylic acid groups (broad SMARTS) is 1. The maximum absolute atomic E-state index is 11.0. The number of carbonyl (C=O) groups is 1. The van der Waals surface area contributed by atoms with E-state index in [9.17, 15) is 4.79 Å². The van der Waals surface area contributed by atoms with Gasteiger partial charge in [-0.3, -0.25) is 9.69 Å². The highest BCUT2D eigenvalue weighted by Crippen LogP contribution is 2.19. The average molecular weight is 241 g/mol. The molecule has 4 nitrogen and oxygen atoms in total. The lowest BCUT2D eigenvalue weighted by atomic mass is 10.2. The van der Waals surface area contributed by atoms with E-state index in [2.05, 4.69) is 19.1 Å². The van der Waals surface area contributed by atoms with E-state index < -0.39 is 12.0 Å². The molecule has 1 atom stereocenters. The second-order valence-electron chi connectivity index (χ2n) is 3.91. The van der Waals surface area contributed by atoms with E-state index in [0.29, 0.717) is 26.3 Å². The molecule has 1 N–H and O–H groups in total. The highest BCUT2D eigenvalue weighted by molar-refractivity contribution is 7.11. The first-order valence-electron chi connectivity index (χ1n) is 5.27. The molecule has 0 aliphatic carbocycles. The van der Waals surface area contributed by atoms with Crippen molar-refractivity contribution < 1.29 is 14.6 Å². The predicted molar refractivity (Wildman–Crippen MR) is 61.7 cm³/mol. The molecule has 0 saturated carbocycles. The van der Waals surface area contributed by atoms with Gasteiger partial charge in [-0.05, 0) is 19.1 Å². The fourth-order valence-corrected chi connectivity index (χ4v) is 2.74. The van der Waals surface area contributed by atoms with Crippen LogP contribution in [0.4, 0.5) is 0 Å². The molecule has 1 aliphatic rings. The van der Waals surface area contributed by atoms with E-state index >= 15 is 0 Å². The van der Waals surface area contributed by atoms with Crippen molar-refractivity contribution in [3.8, 4) is 0 Å². The summed E-state index contributed by atoms with van der Waals surface area (Å²) in [5.41, 5.74) is 0. The summed E-state index contributed by atoms with van der Waals surface area (Å²) in [5.74, 6) is -0.798. The van der Waals surface area contributed by atoms with Gasteiger partial charge in [0.05, 0.1) is 13.2 Å². The Morgan fingerprint density at radius 1 is 1.69 bits per heavy atom. The number of hydrogen-bond acceptors (Lipinski definition) is 4. The van der Waals surface area contributed by atoms with Gasteiger partial charge < -0.3 is 9.84 Å². The van der Waals surface area contributed by atoms with Crippen LogP contribution in [-0.4, -0.2) is 41.8 Å². The van der Waals surface area contributed by atoms with E-state index in [4.69, 9.17) is 9.84 Å². The van der Waals surface area contributed by atoms with Crippen molar-refractivity contribution in [3.63, 3.8) is 0 Å². The largest absolute Gasteiger partial charge is 0.480 e. The van der Waals surface area contributed by atoms with Gasteiger partial charge in [0, 0.05) is 22.8 Å². The molecule has 1 aliphatic heterocycles. The molecule has 88 valence electrons. The minimum Gasteiger partial charge on any atom is -0.480 e. The smallest absolute Gasteiger partial charge is 0.323 e. The van der Waals surface area contributed by atoms with Crippen molar-refractivity contribution in [2.24, 2.45) is 0 Å². The van der Waals surface area contributed by atoms with Gasteiger partial charge in [-0.25, -0.2) is 0 Å². The molecule has 0 aromatic carbocycles. The molecular weight excluding hydrogens is 226 g/mol. The molecule has 16 heavy (non-hydrogen) atoms. The second-order valence-corrected chi connectivity index (χ2v) is 5.28. The van der Waals surface area contributed by atoms with Crippen molar-refractivity contribution in [2.75, 3.05) is 19.8 Å². The Bertz CT molecular complexity index is 377. The zero-order chi connectivity index (χ0) is 11.5. The quantitative estimate of drug-likeness (QED) is 0.867. The monoisotopic (exact) mass is 241 g/mol. The predicted octanol–water partition coefficient (Wildman–Crippen LogP) is 1.34.